The lowest BCUT2D eigenvalue weighted by Crippen LogP contribution is -2.00. The fraction of sp³-hybridized carbons (Fsp3) is 0.133. The molecule has 0 aliphatic rings. The first-order valence-corrected chi connectivity index (χ1v) is 5.60. The lowest BCUT2D eigenvalue weighted by atomic mass is 10.2. The van der Waals surface area contributed by atoms with Crippen LogP contribution in [0.5, 0.6) is 5.75 Å². The van der Waals surface area contributed by atoms with E-state index in [0.717, 1.165) is 5.75 Å². The van der Waals surface area contributed by atoms with Crippen molar-refractivity contribution in [2.45, 2.75) is 6.61 Å². The first kappa shape index (κ1) is 11.7. The van der Waals surface area contributed by atoms with Crippen molar-refractivity contribution in [1.82, 2.24) is 0 Å². The van der Waals surface area contributed by atoms with Crippen LogP contribution < -0.4 is 4.74 Å². The van der Waals surface area contributed by atoms with Crippen LogP contribution in [0.1, 0.15) is 5.56 Å². The Morgan fingerprint density at radius 2 is 1.47 bits per heavy atom. The lowest BCUT2D eigenvalue weighted by molar-refractivity contribution is 0.115. The molecule has 0 N–H and O–H groups in total. The second kappa shape index (κ2) is 6.71. The molecule has 0 saturated carbocycles. The highest BCUT2D eigenvalue weighted by Gasteiger charge is 1.94. The fourth-order valence-electron chi connectivity index (χ4n) is 1.43. The molecule has 2 nitrogen and oxygen atoms in total. The largest absolute Gasteiger partial charge is 0.484 e. The molecule has 0 saturated heterocycles. The molecule has 2 aromatic carbocycles. The van der Waals surface area contributed by atoms with Crippen molar-refractivity contribution in [2.75, 3.05) is 6.61 Å². The zero-order chi connectivity index (χ0) is 11.8. The molecule has 0 aromatic heterocycles. The van der Waals surface area contributed by atoms with Crippen molar-refractivity contribution in [3.8, 4) is 5.75 Å². The van der Waals surface area contributed by atoms with Gasteiger partial charge in [-0.15, -0.1) is 0 Å². The summed E-state index contributed by atoms with van der Waals surface area (Å²) in [7, 11) is 0. The SMILES string of the molecule is [CH](COCc1ccccc1)Oc1ccccc1. The Bertz CT molecular complexity index is 370. The van der Waals surface area contributed by atoms with Crippen LogP contribution in [0.4, 0.5) is 0 Å². The summed E-state index contributed by atoms with van der Waals surface area (Å²) in [6.45, 7) is 2.75. The van der Waals surface area contributed by atoms with Crippen molar-refractivity contribution in [2.24, 2.45) is 0 Å². The number of hydrogen-bond acceptors (Lipinski definition) is 2. The second-order valence-electron chi connectivity index (χ2n) is 3.60. The van der Waals surface area contributed by atoms with Crippen LogP contribution in [0.3, 0.4) is 0 Å². The predicted molar refractivity (Wildman–Crippen MR) is 67.5 cm³/mol. The number of rotatable bonds is 6. The van der Waals surface area contributed by atoms with E-state index < -0.39 is 0 Å². The second-order valence-corrected chi connectivity index (χ2v) is 3.60. The molecule has 0 aliphatic carbocycles. The molecule has 87 valence electrons. The summed E-state index contributed by atoms with van der Waals surface area (Å²) in [5.74, 6) is 0.829. The maximum absolute atomic E-state index is 5.46. The first-order chi connectivity index (χ1) is 8.45. The smallest absolute Gasteiger partial charge is 0.161 e. The van der Waals surface area contributed by atoms with Gasteiger partial charge < -0.3 is 9.47 Å². The summed E-state index contributed by atoms with van der Waals surface area (Å²) in [6, 6.07) is 19.7. The molecular weight excluding hydrogens is 212 g/mol. The maximum atomic E-state index is 5.46. The highest BCUT2D eigenvalue weighted by atomic mass is 16.5. The standard InChI is InChI=1S/C15H15O2/c1-3-7-14(8-4-1)13-16-11-12-17-15-9-5-2-6-10-15/h1-10,12H,11,13H2. The molecule has 17 heavy (non-hydrogen) atoms. The third kappa shape index (κ3) is 4.29. The average molecular weight is 227 g/mol. The van der Waals surface area contributed by atoms with Gasteiger partial charge in [-0.05, 0) is 17.7 Å². The van der Waals surface area contributed by atoms with E-state index in [1.54, 1.807) is 6.61 Å². The quantitative estimate of drug-likeness (QED) is 0.704. The van der Waals surface area contributed by atoms with Gasteiger partial charge in [0, 0.05) is 0 Å². The monoisotopic (exact) mass is 227 g/mol. The molecule has 0 amide bonds. The molecule has 0 aliphatic heterocycles. The minimum Gasteiger partial charge on any atom is -0.484 e. The van der Waals surface area contributed by atoms with Crippen molar-refractivity contribution >= 4 is 0 Å². The van der Waals surface area contributed by atoms with Gasteiger partial charge in [0.05, 0.1) is 13.2 Å². The fourth-order valence-corrected chi connectivity index (χ4v) is 1.43. The molecule has 0 bridgehead atoms. The van der Waals surface area contributed by atoms with Gasteiger partial charge in [0.1, 0.15) is 5.75 Å². The van der Waals surface area contributed by atoms with Crippen LogP contribution in [-0.2, 0) is 11.3 Å². The van der Waals surface area contributed by atoms with Gasteiger partial charge >= 0.3 is 0 Å². The highest BCUT2D eigenvalue weighted by Crippen LogP contribution is 2.09. The summed E-state index contributed by atoms with van der Waals surface area (Å²) >= 11 is 0. The zero-order valence-electron chi connectivity index (χ0n) is 9.58. The molecule has 0 unspecified atom stereocenters. The van der Waals surface area contributed by atoms with Gasteiger partial charge in [0.2, 0.25) is 0 Å². The Kier molecular flexibility index (Phi) is 4.61. The van der Waals surface area contributed by atoms with Crippen molar-refractivity contribution in [1.29, 1.82) is 0 Å². The molecule has 2 rings (SSSR count). The average Bonchev–Trinajstić information content (AvgIpc) is 2.41. The van der Waals surface area contributed by atoms with E-state index >= 15 is 0 Å². The number of ether oxygens (including phenoxy) is 2. The van der Waals surface area contributed by atoms with E-state index in [4.69, 9.17) is 9.47 Å². The van der Waals surface area contributed by atoms with Gasteiger partial charge in [0.25, 0.3) is 0 Å². The van der Waals surface area contributed by atoms with E-state index in [1.807, 2.05) is 60.7 Å². The highest BCUT2D eigenvalue weighted by molar-refractivity contribution is 5.21. The van der Waals surface area contributed by atoms with Crippen LogP contribution in [0.2, 0.25) is 0 Å². The summed E-state index contributed by atoms with van der Waals surface area (Å²) in [6.07, 6.45) is 0. The van der Waals surface area contributed by atoms with E-state index in [2.05, 4.69) is 0 Å². The van der Waals surface area contributed by atoms with Crippen molar-refractivity contribution in [3.05, 3.63) is 72.8 Å². The van der Waals surface area contributed by atoms with E-state index in [9.17, 15) is 0 Å². The minimum absolute atomic E-state index is 0.476. The third-order valence-corrected chi connectivity index (χ3v) is 2.26. The lowest BCUT2D eigenvalue weighted by Gasteiger charge is -2.06. The van der Waals surface area contributed by atoms with E-state index in [1.165, 1.54) is 5.56 Å². The Balaban J connectivity index is 1.61. The van der Waals surface area contributed by atoms with Gasteiger partial charge in [0.15, 0.2) is 6.61 Å². The minimum atomic E-state index is 0.476. The zero-order valence-corrected chi connectivity index (χ0v) is 9.58. The Hall–Kier alpha value is -1.80. The van der Waals surface area contributed by atoms with Crippen LogP contribution in [0, 0.1) is 6.61 Å². The molecule has 1 radical (unpaired) electrons. The van der Waals surface area contributed by atoms with Gasteiger partial charge in [-0.2, -0.15) is 0 Å². The summed E-state index contributed by atoms with van der Waals surface area (Å²) in [4.78, 5) is 0. The Morgan fingerprint density at radius 3 is 2.18 bits per heavy atom. The number of hydrogen-bond donors (Lipinski definition) is 0. The summed E-state index contributed by atoms with van der Waals surface area (Å²) < 4.78 is 10.9. The van der Waals surface area contributed by atoms with Crippen LogP contribution >= 0.6 is 0 Å². The molecular formula is C15H15O2. The maximum Gasteiger partial charge on any atom is 0.161 e. The molecule has 2 aromatic rings. The van der Waals surface area contributed by atoms with Crippen LogP contribution in [0.15, 0.2) is 60.7 Å². The molecule has 2 heteroatoms. The van der Waals surface area contributed by atoms with Crippen molar-refractivity contribution < 1.29 is 9.47 Å². The first-order valence-electron chi connectivity index (χ1n) is 5.60. The van der Waals surface area contributed by atoms with E-state index in [-0.39, 0.29) is 0 Å². The number of para-hydroxylation sites is 1. The third-order valence-electron chi connectivity index (χ3n) is 2.26. The Morgan fingerprint density at radius 1 is 0.824 bits per heavy atom. The predicted octanol–water partition coefficient (Wildman–Crippen LogP) is 3.44. The van der Waals surface area contributed by atoms with E-state index in [0.29, 0.717) is 13.2 Å². The van der Waals surface area contributed by atoms with Crippen LogP contribution in [-0.4, -0.2) is 6.61 Å². The van der Waals surface area contributed by atoms with Crippen molar-refractivity contribution in [3.63, 3.8) is 0 Å². The normalized spacial score (nSPS) is 10.1. The molecule has 0 spiro atoms. The van der Waals surface area contributed by atoms with Crippen LogP contribution in [0.25, 0.3) is 0 Å². The topological polar surface area (TPSA) is 18.5 Å². The summed E-state index contributed by atoms with van der Waals surface area (Å²) in [5, 5.41) is 0. The summed E-state index contributed by atoms with van der Waals surface area (Å²) in [5.41, 5.74) is 1.17. The van der Waals surface area contributed by atoms with Gasteiger partial charge in [-0.3, -0.25) is 0 Å². The number of benzene rings is 2. The van der Waals surface area contributed by atoms with Gasteiger partial charge in [-0.1, -0.05) is 48.5 Å². The van der Waals surface area contributed by atoms with Gasteiger partial charge in [-0.25, -0.2) is 0 Å². The molecule has 0 atom stereocenters. The Labute approximate surface area is 102 Å². The molecule has 0 fully saturated rings. The molecule has 0 heterocycles.